The van der Waals surface area contributed by atoms with Gasteiger partial charge in [0.2, 0.25) is 5.95 Å². The maximum atomic E-state index is 4.30. The van der Waals surface area contributed by atoms with E-state index in [1.165, 1.54) is 12.8 Å². The minimum absolute atomic E-state index is 0.749. The first kappa shape index (κ1) is 9.44. The Morgan fingerprint density at radius 3 is 3.00 bits per heavy atom. The van der Waals surface area contributed by atoms with Crippen molar-refractivity contribution in [2.24, 2.45) is 11.8 Å². The van der Waals surface area contributed by atoms with E-state index in [0.717, 1.165) is 30.0 Å². The second kappa shape index (κ2) is 3.95. The van der Waals surface area contributed by atoms with Gasteiger partial charge in [-0.05, 0) is 37.7 Å². The van der Waals surface area contributed by atoms with Gasteiger partial charge in [0.1, 0.15) is 0 Å². The van der Waals surface area contributed by atoms with Crippen molar-refractivity contribution in [3.8, 4) is 0 Å². The van der Waals surface area contributed by atoms with E-state index < -0.39 is 0 Å². The maximum absolute atomic E-state index is 4.30. The molecular weight excluding hydrogens is 174 g/mol. The summed E-state index contributed by atoms with van der Waals surface area (Å²) in [7, 11) is 0. The molecule has 1 N–H and O–H groups in total. The third-order valence-corrected chi connectivity index (χ3v) is 2.80. The molecule has 1 fully saturated rings. The molecule has 0 spiro atoms. The van der Waals surface area contributed by atoms with E-state index in [2.05, 4.69) is 22.2 Å². The van der Waals surface area contributed by atoms with Crippen LogP contribution in [-0.4, -0.2) is 16.5 Å². The molecule has 1 aliphatic carbocycles. The highest BCUT2D eigenvalue weighted by molar-refractivity contribution is 5.24. The summed E-state index contributed by atoms with van der Waals surface area (Å²) in [5, 5.41) is 3.28. The highest BCUT2D eigenvalue weighted by atomic mass is 15.1. The zero-order valence-electron chi connectivity index (χ0n) is 8.83. The molecule has 1 heterocycles. The highest BCUT2D eigenvalue weighted by Crippen LogP contribution is 2.36. The van der Waals surface area contributed by atoms with Crippen molar-refractivity contribution >= 4 is 5.95 Å². The molecule has 1 aromatic rings. The van der Waals surface area contributed by atoms with E-state index in [4.69, 9.17) is 0 Å². The molecule has 1 aliphatic rings. The van der Waals surface area contributed by atoms with Crippen LogP contribution >= 0.6 is 0 Å². The molecule has 1 atom stereocenters. The van der Waals surface area contributed by atoms with Crippen LogP contribution in [0.4, 0.5) is 5.95 Å². The molecule has 1 aromatic heterocycles. The van der Waals surface area contributed by atoms with Crippen molar-refractivity contribution < 1.29 is 0 Å². The lowest BCUT2D eigenvalue weighted by molar-refractivity contribution is 0.535. The average molecular weight is 191 g/mol. The molecule has 0 amide bonds. The Bertz CT molecular complexity index is 307. The van der Waals surface area contributed by atoms with Crippen LogP contribution in [0.15, 0.2) is 12.3 Å². The molecule has 76 valence electrons. The lowest BCUT2D eigenvalue weighted by Gasteiger charge is -2.10. The van der Waals surface area contributed by atoms with Crippen molar-refractivity contribution in [1.29, 1.82) is 0 Å². The van der Waals surface area contributed by atoms with Gasteiger partial charge in [0, 0.05) is 18.4 Å². The molecule has 0 bridgehead atoms. The Hall–Kier alpha value is -1.12. The number of aromatic nitrogens is 2. The molecule has 1 saturated carbocycles. The van der Waals surface area contributed by atoms with E-state index in [0.29, 0.717) is 0 Å². The van der Waals surface area contributed by atoms with Crippen LogP contribution in [0.1, 0.15) is 25.5 Å². The van der Waals surface area contributed by atoms with Gasteiger partial charge in [0.05, 0.1) is 0 Å². The average Bonchev–Trinajstić information content (AvgIpc) is 2.97. The molecule has 1 unspecified atom stereocenters. The van der Waals surface area contributed by atoms with Crippen molar-refractivity contribution in [2.75, 3.05) is 11.9 Å². The smallest absolute Gasteiger partial charge is 0.222 e. The number of hydrogen-bond donors (Lipinski definition) is 1. The first-order chi connectivity index (χ1) is 6.75. The molecule has 0 aliphatic heterocycles. The third kappa shape index (κ3) is 2.44. The van der Waals surface area contributed by atoms with Gasteiger partial charge < -0.3 is 5.32 Å². The predicted molar refractivity (Wildman–Crippen MR) is 57.1 cm³/mol. The van der Waals surface area contributed by atoms with Crippen LogP contribution < -0.4 is 5.32 Å². The van der Waals surface area contributed by atoms with Crippen LogP contribution in [-0.2, 0) is 0 Å². The topological polar surface area (TPSA) is 37.8 Å². The monoisotopic (exact) mass is 191 g/mol. The van der Waals surface area contributed by atoms with Crippen LogP contribution in [0.5, 0.6) is 0 Å². The summed E-state index contributed by atoms with van der Waals surface area (Å²) < 4.78 is 0. The van der Waals surface area contributed by atoms with E-state index in [-0.39, 0.29) is 0 Å². The molecule has 14 heavy (non-hydrogen) atoms. The Labute approximate surface area is 85.0 Å². The Balaban J connectivity index is 1.84. The third-order valence-electron chi connectivity index (χ3n) is 2.80. The number of nitrogens with one attached hydrogen (secondary N) is 1. The summed E-state index contributed by atoms with van der Waals surface area (Å²) in [4.78, 5) is 8.47. The van der Waals surface area contributed by atoms with Crippen LogP contribution in [0, 0.1) is 18.8 Å². The van der Waals surface area contributed by atoms with E-state index in [9.17, 15) is 0 Å². The zero-order chi connectivity index (χ0) is 9.97. The molecule has 0 saturated heterocycles. The van der Waals surface area contributed by atoms with E-state index in [1.807, 2.05) is 13.0 Å². The highest BCUT2D eigenvalue weighted by Gasteiger charge is 2.27. The van der Waals surface area contributed by atoms with Crippen molar-refractivity contribution in [3.05, 3.63) is 18.0 Å². The first-order valence-electron chi connectivity index (χ1n) is 5.29. The summed E-state index contributed by atoms with van der Waals surface area (Å²) in [5.74, 6) is 2.45. The van der Waals surface area contributed by atoms with Gasteiger partial charge in [-0.2, -0.15) is 0 Å². The number of anilines is 1. The minimum Gasteiger partial charge on any atom is -0.354 e. The van der Waals surface area contributed by atoms with Gasteiger partial charge in [-0.15, -0.1) is 0 Å². The predicted octanol–water partition coefficient (Wildman–Crippen LogP) is 2.24. The minimum atomic E-state index is 0.749. The van der Waals surface area contributed by atoms with Gasteiger partial charge >= 0.3 is 0 Å². The van der Waals surface area contributed by atoms with Crippen LogP contribution in [0.2, 0.25) is 0 Å². The number of rotatable bonds is 4. The molecular formula is C11H17N3. The molecule has 3 nitrogen and oxygen atoms in total. The summed E-state index contributed by atoms with van der Waals surface area (Å²) in [6.07, 6.45) is 4.60. The molecule has 0 radical (unpaired) electrons. The molecule has 2 rings (SSSR count). The lowest BCUT2D eigenvalue weighted by Crippen LogP contribution is -2.14. The number of hydrogen-bond acceptors (Lipinski definition) is 3. The largest absolute Gasteiger partial charge is 0.354 e. The summed E-state index contributed by atoms with van der Waals surface area (Å²) >= 11 is 0. The zero-order valence-corrected chi connectivity index (χ0v) is 8.83. The fourth-order valence-electron chi connectivity index (χ4n) is 1.62. The quantitative estimate of drug-likeness (QED) is 0.793. The fourth-order valence-corrected chi connectivity index (χ4v) is 1.62. The SMILES string of the molecule is Cc1ccnc(NCC(C)C2CC2)n1. The van der Waals surface area contributed by atoms with Crippen LogP contribution in [0.25, 0.3) is 0 Å². The van der Waals surface area contributed by atoms with Gasteiger partial charge in [-0.25, -0.2) is 9.97 Å². The summed E-state index contributed by atoms with van der Waals surface area (Å²) in [6.45, 7) is 5.27. The number of aryl methyl sites for hydroxylation is 1. The lowest BCUT2D eigenvalue weighted by atomic mass is 10.1. The van der Waals surface area contributed by atoms with Gasteiger partial charge in [-0.3, -0.25) is 0 Å². The van der Waals surface area contributed by atoms with Crippen LogP contribution in [0.3, 0.4) is 0 Å². The maximum Gasteiger partial charge on any atom is 0.222 e. The summed E-state index contributed by atoms with van der Waals surface area (Å²) in [5.41, 5.74) is 1.02. The second-order valence-electron chi connectivity index (χ2n) is 4.22. The van der Waals surface area contributed by atoms with E-state index in [1.54, 1.807) is 6.20 Å². The van der Waals surface area contributed by atoms with Gasteiger partial charge in [-0.1, -0.05) is 6.92 Å². The summed E-state index contributed by atoms with van der Waals surface area (Å²) in [6, 6.07) is 1.91. The first-order valence-corrected chi connectivity index (χ1v) is 5.29. The standard InChI is InChI=1S/C11H17N3/c1-8(10-3-4-10)7-13-11-12-6-5-9(2)14-11/h5-6,8,10H,3-4,7H2,1-2H3,(H,12,13,14). The van der Waals surface area contributed by atoms with Crippen molar-refractivity contribution in [2.45, 2.75) is 26.7 Å². The Kier molecular flexibility index (Phi) is 2.66. The molecule has 0 aromatic carbocycles. The Morgan fingerprint density at radius 1 is 1.57 bits per heavy atom. The number of nitrogens with zero attached hydrogens (tertiary/aromatic N) is 2. The fraction of sp³-hybridized carbons (Fsp3) is 0.636. The van der Waals surface area contributed by atoms with Gasteiger partial charge in [0.15, 0.2) is 0 Å². The molecule has 3 heteroatoms. The van der Waals surface area contributed by atoms with Crippen molar-refractivity contribution in [3.63, 3.8) is 0 Å². The second-order valence-corrected chi connectivity index (χ2v) is 4.22. The van der Waals surface area contributed by atoms with E-state index >= 15 is 0 Å². The Morgan fingerprint density at radius 2 is 2.36 bits per heavy atom. The van der Waals surface area contributed by atoms with Gasteiger partial charge in [0.25, 0.3) is 0 Å². The van der Waals surface area contributed by atoms with Crippen molar-refractivity contribution in [1.82, 2.24) is 9.97 Å². The normalized spacial score (nSPS) is 17.9.